The summed E-state index contributed by atoms with van der Waals surface area (Å²) in [6.07, 6.45) is 0. The summed E-state index contributed by atoms with van der Waals surface area (Å²) < 4.78 is 5.42. The molecule has 2 rings (SSSR count). The van der Waals surface area contributed by atoms with E-state index in [1.54, 1.807) is 0 Å². The van der Waals surface area contributed by atoms with Gasteiger partial charge in [0, 0.05) is 30.7 Å². The highest BCUT2D eigenvalue weighted by atomic mass is 35.5. The lowest BCUT2D eigenvalue weighted by Gasteiger charge is -2.34. The standard InChI is InChI=1S/C12H17ClN2O/c13-12-4-2-1-3-10(12)8-15-5-6-16-9-11(15)7-14/h1-4,11H,5-9,14H2. The van der Waals surface area contributed by atoms with E-state index in [1.807, 2.05) is 18.2 Å². The first kappa shape index (κ1) is 11.9. The number of hydrogen-bond donors (Lipinski definition) is 1. The minimum absolute atomic E-state index is 0.310. The zero-order chi connectivity index (χ0) is 11.4. The lowest BCUT2D eigenvalue weighted by Crippen LogP contribution is -2.48. The van der Waals surface area contributed by atoms with Crippen molar-refractivity contribution in [2.24, 2.45) is 5.73 Å². The Morgan fingerprint density at radius 3 is 3.00 bits per heavy atom. The average Bonchev–Trinajstić information content (AvgIpc) is 2.33. The summed E-state index contributed by atoms with van der Waals surface area (Å²) in [5.74, 6) is 0. The Kier molecular flexibility index (Phi) is 4.18. The average molecular weight is 241 g/mol. The summed E-state index contributed by atoms with van der Waals surface area (Å²) in [5.41, 5.74) is 6.89. The van der Waals surface area contributed by atoms with E-state index in [2.05, 4.69) is 11.0 Å². The number of morpholine rings is 1. The molecule has 1 aliphatic heterocycles. The number of rotatable bonds is 3. The fourth-order valence-electron chi connectivity index (χ4n) is 1.96. The van der Waals surface area contributed by atoms with Crippen molar-refractivity contribution < 1.29 is 4.74 Å². The van der Waals surface area contributed by atoms with E-state index in [4.69, 9.17) is 22.1 Å². The number of halogens is 1. The molecule has 0 spiro atoms. The Morgan fingerprint density at radius 2 is 2.25 bits per heavy atom. The molecule has 16 heavy (non-hydrogen) atoms. The van der Waals surface area contributed by atoms with Gasteiger partial charge >= 0.3 is 0 Å². The molecular weight excluding hydrogens is 224 g/mol. The second-order valence-electron chi connectivity index (χ2n) is 4.03. The topological polar surface area (TPSA) is 38.5 Å². The highest BCUT2D eigenvalue weighted by Gasteiger charge is 2.21. The third-order valence-corrected chi connectivity index (χ3v) is 3.32. The summed E-state index contributed by atoms with van der Waals surface area (Å²) in [7, 11) is 0. The molecule has 2 N–H and O–H groups in total. The molecule has 0 radical (unpaired) electrons. The number of benzene rings is 1. The van der Waals surface area contributed by atoms with Crippen molar-refractivity contribution in [2.75, 3.05) is 26.3 Å². The van der Waals surface area contributed by atoms with Crippen molar-refractivity contribution in [1.82, 2.24) is 4.90 Å². The van der Waals surface area contributed by atoms with Gasteiger partial charge in [-0.1, -0.05) is 29.8 Å². The van der Waals surface area contributed by atoms with Crippen LogP contribution in [0.4, 0.5) is 0 Å². The van der Waals surface area contributed by atoms with Crippen molar-refractivity contribution in [3.63, 3.8) is 0 Å². The summed E-state index contributed by atoms with van der Waals surface area (Å²) in [4.78, 5) is 2.34. The fourth-order valence-corrected chi connectivity index (χ4v) is 2.16. The maximum absolute atomic E-state index is 6.15. The van der Waals surface area contributed by atoms with E-state index in [-0.39, 0.29) is 0 Å². The normalized spacial score (nSPS) is 22.2. The molecule has 0 aliphatic carbocycles. The van der Waals surface area contributed by atoms with Crippen molar-refractivity contribution >= 4 is 11.6 Å². The molecule has 1 aromatic rings. The predicted octanol–water partition coefficient (Wildman–Crippen LogP) is 1.50. The second-order valence-corrected chi connectivity index (χ2v) is 4.43. The quantitative estimate of drug-likeness (QED) is 0.870. The largest absolute Gasteiger partial charge is 0.378 e. The highest BCUT2D eigenvalue weighted by Crippen LogP contribution is 2.19. The van der Waals surface area contributed by atoms with Gasteiger partial charge in [0.05, 0.1) is 13.2 Å². The molecule has 0 saturated carbocycles. The minimum atomic E-state index is 0.310. The van der Waals surface area contributed by atoms with Crippen molar-refractivity contribution in [2.45, 2.75) is 12.6 Å². The summed E-state index contributed by atoms with van der Waals surface area (Å²) in [6.45, 7) is 3.91. The Bertz CT molecular complexity index is 346. The van der Waals surface area contributed by atoms with Gasteiger partial charge in [0.15, 0.2) is 0 Å². The number of hydrogen-bond acceptors (Lipinski definition) is 3. The van der Waals surface area contributed by atoms with Crippen LogP contribution in [0.5, 0.6) is 0 Å². The van der Waals surface area contributed by atoms with Gasteiger partial charge in [-0.25, -0.2) is 0 Å². The van der Waals surface area contributed by atoms with E-state index < -0.39 is 0 Å². The Labute approximate surface area is 101 Å². The van der Waals surface area contributed by atoms with Crippen molar-refractivity contribution in [3.8, 4) is 0 Å². The molecule has 1 atom stereocenters. The van der Waals surface area contributed by atoms with Crippen LogP contribution in [0.25, 0.3) is 0 Å². The van der Waals surface area contributed by atoms with Crippen LogP contribution in [-0.4, -0.2) is 37.2 Å². The summed E-state index contributed by atoms with van der Waals surface area (Å²) >= 11 is 6.15. The third kappa shape index (κ3) is 2.74. The molecule has 1 heterocycles. The molecule has 0 bridgehead atoms. The molecule has 3 nitrogen and oxygen atoms in total. The maximum Gasteiger partial charge on any atom is 0.0634 e. The van der Waals surface area contributed by atoms with E-state index in [1.165, 1.54) is 0 Å². The first-order valence-corrected chi connectivity index (χ1v) is 5.94. The van der Waals surface area contributed by atoms with Crippen LogP contribution >= 0.6 is 11.6 Å². The van der Waals surface area contributed by atoms with Crippen molar-refractivity contribution in [1.29, 1.82) is 0 Å². The molecule has 0 aromatic heterocycles. The van der Waals surface area contributed by atoms with Crippen LogP contribution in [-0.2, 0) is 11.3 Å². The number of nitrogens with zero attached hydrogens (tertiary/aromatic N) is 1. The molecule has 4 heteroatoms. The Hall–Kier alpha value is -0.610. The SMILES string of the molecule is NCC1COCCN1Cc1ccccc1Cl. The lowest BCUT2D eigenvalue weighted by atomic mass is 10.1. The molecular formula is C12H17ClN2O. The van der Waals surface area contributed by atoms with Gasteiger partial charge in [-0.3, -0.25) is 4.90 Å². The van der Waals surface area contributed by atoms with Crippen LogP contribution in [0.2, 0.25) is 5.02 Å². The highest BCUT2D eigenvalue weighted by molar-refractivity contribution is 6.31. The van der Waals surface area contributed by atoms with Crippen molar-refractivity contribution in [3.05, 3.63) is 34.9 Å². The molecule has 88 valence electrons. The Balaban J connectivity index is 2.05. The Morgan fingerprint density at radius 1 is 1.44 bits per heavy atom. The van der Waals surface area contributed by atoms with Crippen LogP contribution in [0, 0.1) is 0 Å². The number of ether oxygens (including phenoxy) is 1. The van der Waals surface area contributed by atoms with Crippen LogP contribution in [0.3, 0.4) is 0 Å². The summed E-state index contributed by atoms with van der Waals surface area (Å²) in [6, 6.07) is 8.26. The fraction of sp³-hybridized carbons (Fsp3) is 0.500. The van der Waals surface area contributed by atoms with Gasteiger partial charge in [-0.05, 0) is 11.6 Å². The van der Waals surface area contributed by atoms with E-state index >= 15 is 0 Å². The van der Waals surface area contributed by atoms with Crippen LogP contribution in [0.1, 0.15) is 5.56 Å². The first-order valence-electron chi connectivity index (χ1n) is 5.56. The summed E-state index contributed by atoms with van der Waals surface area (Å²) in [5, 5.41) is 0.824. The lowest BCUT2D eigenvalue weighted by molar-refractivity contribution is -0.00791. The smallest absolute Gasteiger partial charge is 0.0634 e. The van der Waals surface area contributed by atoms with Crippen LogP contribution < -0.4 is 5.73 Å². The van der Waals surface area contributed by atoms with Gasteiger partial charge in [0.2, 0.25) is 0 Å². The first-order chi connectivity index (χ1) is 7.81. The maximum atomic E-state index is 6.15. The molecule has 1 aromatic carbocycles. The van der Waals surface area contributed by atoms with E-state index in [0.717, 1.165) is 36.9 Å². The van der Waals surface area contributed by atoms with Gasteiger partial charge in [-0.2, -0.15) is 0 Å². The molecule has 1 fully saturated rings. The van der Waals surface area contributed by atoms with Gasteiger partial charge < -0.3 is 10.5 Å². The predicted molar refractivity (Wildman–Crippen MR) is 65.5 cm³/mol. The molecule has 1 aliphatic rings. The molecule has 1 unspecified atom stereocenters. The van der Waals surface area contributed by atoms with Crippen LogP contribution in [0.15, 0.2) is 24.3 Å². The van der Waals surface area contributed by atoms with Gasteiger partial charge in [0.1, 0.15) is 0 Å². The van der Waals surface area contributed by atoms with E-state index in [9.17, 15) is 0 Å². The van der Waals surface area contributed by atoms with Gasteiger partial charge in [-0.15, -0.1) is 0 Å². The third-order valence-electron chi connectivity index (χ3n) is 2.95. The van der Waals surface area contributed by atoms with E-state index in [0.29, 0.717) is 12.6 Å². The number of nitrogens with two attached hydrogens (primary N) is 1. The minimum Gasteiger partial charge on any atom is -0.378 e. The molecule has 0 amide bonds. The monoisotopic (exact) mass is 240 g/mol. The van der Waals surface area contributed by atoms with Gasteiger partial charge in [0.25, 0.3) is 0 Å². The zero-order valence-electron chi connectivity index (χ0n) is 9.23. The zero-order valence-corrected chi connectivity index (χ0v) is 9.99. The second kappa shape index (κ2) is 5.64. The molecule has 1 saturated heterocycles.